The first-order valence-corrected chi connectivity index (χ1v) is 20.7. The van der Waals surface area contributed by atoms with Gasteiger partial charge in [-0.1, -0.05) is 135 Å². The Morgan fingerprint density at radius 2 is 1.00 bits per heavy atom. The summed E-state index contributed by atoms with van der Waals surface area (Å²) in [6.45, 7) is 7.98. The average molecular weight is 706 g/mol. The van der Waals surface area contributed by atoms with Gasteiger partial charge in [-0.05, 0) is 46.5 Å². The van der Waals surface area contributed by atoms with Crippen LogP contribution in [0.4, 0.5) is 0 Å². The molecule has 0 aliphatic carbocycles. The molecule has 0 aliphatic rings. The highest BCUT2D eigenvalue weighted by atomic mass is 31.2. The molecule has 2 atom stereocenters. The van der Waals surface area contributed by atoms with Crippen molar-refractivity contribution in [3.05, 3.63) is 0 Å². The van der Waals surface area contributed by atoms with Gasteiger partial charge in [0.05, 0.1) is 13.2 Å². The molecule has 284 valence electrons. The molecule has 3 N–H and O–H groups in total. The fraction of sp³-hybridized carbons (Fsp3) is 0.919. The number of esters is 1. The monoisotopic (exact) mass is 705 g/mol. The third kappa shape index (κ3) is 33.0. The van der Waals surface area contributed by atoms with Crippen molar-refractivity contribution >= 4 is 25.7 Å². The second-order valence-corrected chi connectivity index (χ2v) is 15.7. The van der Waals surface area contributed by atoms with Crippen molar-refractivity contribution in [1.29, 1.82) is 0 Å². The molecule has 0 aliphatic heterocycles. The van der Waals surface area contributed by atoms with Crippen LogP contribution in [0.25, 0.3) is 0 Å². The van der Waals surface area contributed by atoms with Crippen LogP contribution in [-0.4, -0.2) is 52.7 Å². The second kappa shape index (κ2) is 30.4. The van der Waals surface area contributed by atoms with Crippen molar-refractivity contribution < 1.29 is 42.7 Å². The number of ether oxygens (including phenoxy) is 1. The van der Waals surface area contributed by atoms with Gasteiger partial charge in [0.2, 0.25) is 5.91 Å². The lowest BCUT2D eigenvalue weighted by Crippen LogP contribution is -2.44. The summed E-state index contributed by atoms with van der Waals surface area (Å²) in [5, 5.41) is 11.6. The molecule has 10 nitrogen and oxygen atoms in total. The SMILES string of the molecule is CCCCCCCCCCCCOP(=O)(O)OCCCCCCCCCCCCCCCC(=O)N[C@@H](CCC(=O)O)C(=O)OC(C)(C)C. The van der Waals surface area contributed by atoms with Gasteiger partial charge in [0.25, 0.3) is 0 Å². The smallest absolute Gasteiger partial charge is 0.472 e. The molecule has 0 aromatic rings. The number of hydrogen-bond donors (Lipinski definition) is 3. The average Bonchev–Trinajstić information content (AvgIpc) is 3.00. The van der Waals surface area contributed by atoms with Gasteiger partial charge >= 0.3 is 19.8 Å². The molecule has 0 bridgehead atoms. The second-order valence-electron chi connectivity index (χ2n) is 14.2. The van der Waals surface area contributed by atoms with E-state index in [0.717, 1.165) is 64.2 Å². The molecule has 0 aromatic heterocycles. The zero-order chi connectivity index (χ0) is 35.9. The maximum Gasteiger partial charge on any atom is 0.472 e. The van der Waals surface area contributed by atoms with Crippen molar-refractivity contribution in [1.82, 2.24) is 5.32 Å². The van der Waals surface area contributed by atoms with Gasteiger partial charge < -0.3 is 20.1 Å². The summed E-state index contributed by atoms with van der Waals surface area (Å²) in [6, 6.07) is -0.947. The molecular weight excluding hydrogens is 633 g/mol. The van der Waals surface area contributed by atoms with Gasteiger partial charge in [-0.15, -0.1) is 0 Å². The van der Waals surface area contributed by atoms with Crippen LogP contribution in [-0.2, 0) is 32.7 Å². The van der Waals surface area contributed by atoms with E-state index >= 15 is 0 Å². The Bertz CT molecular complexity index is 862. The number of amides is 1. The summed E-state index contributed by atoms with van der Waals surface area (Å²) < 4.78 is 27.6. The molecule has 0 spiro atoms. The van der Waals surface area contributed by atoms with Crippen LogP contribution >= 0.6 is 7.82 Å². The highest BCUT2D eigenvalue weighted by Gasteiger charge is 2.27. The number of carboxylic acid groups (broad SMARTS) is 1. The Hall–Kier alpha value is -1.48. The number of carboxylic acids is 1. The van der Waals surface area contributed by atoms with Crippen molar-refractivity contribution in [3.63, 3.8) is 0 Å². The van der Waals surface area contributed by atoms with E-state index < -0.39 is 31.4 Å². The predicted molar refractivity (Wildman–Crippen MR) is 193 cm³/mol. The lowest BCUT2D eigenvalue weighted by atomic mass is 10.0. The molecule has 0 saturated heterocycles. The summed E-state index contributed by atoms with van der Waals surface area (Å²) in [4.78, 5) is 45.5. The summed E-state index contributed by atoms with van der Waals surface area (Å²) in [7, 11) is -3.93. The number of phosphoric acid groups is 1. The van der Waals surface area contributed by atoms with Crippen LogP contribution in [0.3, 0.4) is 0 Å². The first-order valence-electron chi connectivity index (χ1n) is 19.2. The van der Waals surface area contributed by atoms with E-state index in [-0.39, 0.29) is 32.0 Å². The standard InChI is InChI=1S/C37H72NO9P/c1-5-6-7-8-9-10-17-20-23-26-31-45-48(43,44)46-32-27-24-21-18-15-13-11-12-14-16-19-22-25-28-34(39)38-33(29-30-35(40)41)36(42)47-37(2,3)4/h33H,5-32H2,1-4H3,(H,38,39)(H,40,41)(H,43,44)/t33-/m0/s1. The minimum Gasteiger partial charge on any atom is -0.481 e. The number of phosphoric ester groups is 1. The van der Waals surface area contributed by atoms with Crippen molar-refractivity contribution in [2.45, 2.75) is 206 Å². The molecule has 0 radical (unpaired) electrons. The van der Waals surface area contributed by atoms with E-state index in [1.54, 1.807) is 20.8 Å². The maximum absolute atomic E-state index is 12.4. The molecule has 0 saturated carbocycles. The lowest BCUT2D eigenvalue weighted by molar-refractivity contribution is -0.159. The third-order valence-electron chi connectivity index (χ3n) is 8.23. The number of nitrogens with one attached hydrogen (secondary N) is 1. The van der Waals surface area contributed by atoms with Crippen LogP contribution in [0.5, 0.6) is 0 Å². The molecule has 0 heterocycles. The molecular formula is C37H72NO9P. The molecule has 0 fully saturated rings. The van der Waals surface area contributed by atoms with Crippen LogP contribution in [0, 0.1) is 0 Å². The normalized spacial score (nSPS) is 13.6. The fourth-order valence-electron chi connectivity index (χ4n) is 5.47. The summed E-state index contributed by atoms with van der Waals surface area (Å²) in [5.74, 6) is -1.87. The number of aliphatic carboxylic acids is 1. The zero-order valence-corrected chi connectivity index (χ0v) is 32.0. The Morgan fingerprint density at radius 3 is 1.38 bits per heavy atom. The molecule has 1 unspecified atom stereocenters. The van der Waals surface area contributed by atoms with Gasteiger partial charge in [0, 0.05) is 12.8 Å². The molecule has 0 rings (SSSR count). The van der Waals surface area contributed by atoms with E-state index in [9.17, 15) is 23.8 Å². The molecule has 48 heavy (non-hydrogen) atoms. The van der Waals surface area contributed by atoms with Crippen LogP contribution in [0.1, 0.15) is 195 Å². The van der Waals surface area contributed by atoms with Crippen molar-refractivity contribution in [3.8, 4) is 0 Å². The van der Waals surface area contributed by atoms with E-state index in [1.807, 2.05) is 0 Å². The molecule has 11 heteroatoms. The van der Waals surface area contributed by atoms with Gasteiger partial charge in [-0.25, -0.2) is 9.36 Å². The van der Waals surface area contributed by atoms with Crippen LogP contribution in [0.2, 0.25) is 0 Å². The van der Waals surface area contributed by atoms with Crippen molar-refractivity contribution in [2.24, 2.45) is 0 Å². The summed E-state index contributed by atoms with van der Waals surface area (Å²) in [5.41, 5.74) is -0.711. The summed E-state index contributed by atoms with van der Waals surface area (Å²) >= 11 is 0. The Labute approximate surface area is 292 Å². The number of unbranched alkanes of at least 4 members (excludes halogenated alkanes) is 21. The Morgan fingerprint density at radius 1 is 0.625 bits per heavy atom. The number of carbonyl (C=O) groups is 3. The highest BCUT2D eigenvalue weighted by Crippen LogP contribution is 2.43. The topological polar surface area (TPSA) is 148 Å². The van der Waals surface area contributed by atoms with E-state index in [1.165, 1.54) is 83.5 Å². The van der Waals surface area contributed by atoms with Crippen LogP contribution < -0.4 is 5.32 Å². The maximum atomic E-state index is 12.4. The number of carbonyl (C=O) groups excluding carboxylic acids is 2. The Kier molecular flexibility index (Phi) is 29.4. The first-order chi connectivity index (χ1) is 22.9. The van der Waals surface area contributed by atoms with E-state index in [0.29, 0.717) is 6.42 Å². The van der Waals surface area contributed by atoms with Gasteiger partial charge in [0.15, 0.2) is 0 Å². The minimum atomic E-state index is -3.93. The predicted octanol–water partition coefficient (Wildman–Crippen LogP) is 10.2. The zero-order valence-electron chi connectivity index (χ0n) is 31.1. The molecule has 0 aromatic carbocycles. The van der Waals surface area contributed by atoms with Crippen LogP contribution in [0.15, 0.2) is 0 Å². The minimum absolute atomic E-state index is 0.00903. The molecule has 1 amide bonds. The van der Waals surface area contributed by atoms with Gasteiger partial charge in [-0.2, -0.15) is 0 Å². The number of hydrogen-bond acceptors (Lipinski definition) is 7. The van der Waals surface area contributed by atoms with Crippen molar-refractivity contribution in [2.75, 3.05) is 13.2 Å². The fourth-order valence-corrected chi connectivity index (χ4v) is 6.27. The third-order valence-corrected chi connectivity index (χ3v) is 9.25. The number of rotatable bonds is 34. The van der Waals surface area contributed by atoms with Gasteiger partial charge in [-0.3, -0.25) is 18.6 Å². The Balaban J connectivity index is 3.62. The van der Waals surface area contributed by atoms with E-state index in [2.05, 4.69) is 12.2 Å². The highest BCUT2D eigenvalue weighted by molar-refractivity contribution is 7.47. The largest absolute Gasteiger partial charge is 0.481 e. The quantitative estimate of drug-likeness (QED) is 0.0338. The first kappa shape index (κ1) is 46.5. The van der Waals surface area contributed by atoms with E-state index in [4.69, 9.17) is 18.9 Å². The lowest BCUT2D eigenvalue weighted by Gasteiger charge is -2.24. The van der Waals surface area contributed by atoms with Gasteiger partial charge in [0.1, 0.15) is 11.6 Å². The summed E-state index contributed by atoms with van der Waals surface area (Å²) in [6.07, 6.45) is 26.1.